The fourth-order valence-electron chi connectivity index (χ4n) is 3.23. The molecule has 0 aromatic carbocycles. The topological polar surface area (TPSA) is 114 Å². The molecule has 25 heavy (non-hydrogen) atoms. The molecule has 2 heterocycles. The number of carbonyl (C=O) groups is 3. The molecule has 1 aromatic rings. The van der Waals surface area contributed by atoms with E-state index in [0.717, 1.165) is 10.6 Å². The van der Waals surface area contributed by atoms with Crippen molar-refractivity contribution in [1.82, 2.24) is 9.29 Å². The first kappa shape index (κ1) is 19.3. The van der Waals surface area contributed by atoms with E-state index >= 15 is 0 Å². The smallest absolute Gasteiger partial charge is 0.324 e. The SMILES string of the molecule is CC(=O)c1c(C)[nH]c(C(=O)COC(=O)[C@@H]2CCCN2S(C)(=O)=O)c1C. The second kappa shape index (κ2) is 7.09. The van der Waals surface area contributed by atoms with E-state index in [1.54, 1.807) is 13.8 Å². The van der Waals surface area contributed by atoms with E-state index in [-0.39, 0.29) is 18.0 Å². The van der Waals surface area contributed by atoms with Gasteiger partial charge in [0, 0.05) is 17.8 Å². The van der Waals surface area contributed by atoms with Crippen LogP contribution in [0.3, 0.4) is 0 Å². The molecule has 9 heteroatoms. The van der Waals surface area contributed by atoms with Gasteiger partial charge in [-0.25, -0.2) is 8.42 Å². The molecule has 1 aromatic heterocycles. The van der Waals surface area contributed by atoms with E-state index in [2.05, 4.69) is 4.98 Å². The third-order valence-corrected chi connectivity index (χ3v) is 5.60. The minimum absolute atomic E-state index is 0.156. The van der Waals surface area contributed by atoms with Gasteiger partial charge in [0.15, 0.2) is 12.4 Å². The Bertz CT molecular complexity index is 824. The summed E-state index contributed by atoms with van der Waals surface area (Å²) in [6, 6.07) is -0.887. The predicted molar refractivity (Wildman–Crippen MR) is 90.1 cm³/mol. The first-order chi connectivity index (χ1) is 11.5. The molecule has 0 saturated carbocycles. The molecule has 0 spiro atoms. The molecule has 2 rings (SSSR count). The Morgan fingerprint density at radius 3 is 2.44 bits per heavy atom. The van der Waals surface area contributed by atoms with Crippen molar-refractivity contribution in [2.75, 3.05) is 19.4 Å². The lowest BCUT2D eigenvalue weighted by Crippen LogP contribution is -2.41. The summed E-state index contributed by atoms with van der Waals surface area (Å²) in [6.07, 6.45) is 1.98. The first-order valence-electron chi connectivity index (χ1n) is 7.90. The molecule has 1 atom stereocenters. The summed E-state index contributed by atoms with van der Waals surface area (Å²) in [7, 11) is -3.50. The van der Waals surface area contributed by atoms with Crippen LogP contribution in [-0.2, 0) is 19.6 Å². The van der Waals surface area contributed by atoms with Gasteiger partial charge in [0.25, 0.3) is 0 Å². The van der Waals surface area contributed by atoms with Crippen molar-refractivity contribution in [3.8, 4) is 0 Å². The number of aryl methyl sites for hydroxylation is 1. The number of hydrogen-bond acceptors (Lipinski definition) is 6. The van der Waals surface area contributed by atoms with Crippen LogP contribution in [0.15, 0.2) is 0 Å². The van der Waals surface area contributed by atoms with Crippen molar-refractivity contribution in [3.63, 3.8) is 0 Å². The average molecular weight is 370 g/mol. The van der Waals surface area contributed by atoms with Crippen LogP contribution in [0.5, 0.6) is 0 Å². The Hall–Kier alpha value is -2.00. The highest BCUT2D eigenvalue weighted by Gasteiger charge is 2.37. The fraction of sp³-hybridized carbons (Fsp3) is 0.562. The number of aromatic amines is 1. The van der Waals surface area contributed by atoms with Crippen LogP contribution in [0.4, 0.5) is 0 Å². The minimum atomic E-state index is -3.50. The number of nitrogens with one attached hydrogen (secondary N) is 1. The van der Waals surface area contributed by atoms with Gasteiger partial charge in [0.05, 0.1) is 11.9 Å². The quantitative estimate of drug-likeness (QED) is 0.590. The number of aromatic nitrogens is 1. The van der Waals surface area contributed by atoms with E-state index in [1.807, 2.05) is 0 Å². The number of ketones is 2. The molecule has 0 bridgehead atoms. The minimum Gasteiger partial charge on any atom is -0.456 e. The van der Waals surface area contributed by atoms with Crippen LogP contribution < -0.4 is 0 Å². The van der Waals surface area contributed by atoms with E-state index in [0.29, 0.717) is 29.7 Å². The molecule has 1 saturated heterocycles. The van der Waals surface area contributed by atoms with Crippen molar-refractivity contribution in [1.29, 1.82) is 0 Å². The number of nitrogens with zero attached hydrogens (tertiary/aromatic N) is 1. The lowest BCUT2D eigenvalue weighted by atomic mass is 10.1. The van der Waals surface area contributed by atoms with E-state index in [9.17, 15) is 22.8 Å². The number of carbonyl (C=O) groups excluding carboxylic acids is 3. The lowest BCUT2D eigenvalue weighted by Gasteiger charge is -2.20. The molecule has 0 radical (unpaired) electrons. The number of esters is 1. The third kappa shape index (κ3) is 3.98. The zero-order chi connectivity index (χ0) is 18.9. The Labute approximate surface area is 146 Å². The highest BCUT2D eigenvalue weighted by atomic mass is 32.2. The van der Waals surface area contributed by atoms with Crippen molar-refractivity contribution < 1.29 is 27.5 Å². The van der Waals surface area contributed by atoms with Crippen LogP contribution in [0.1, 0.15) is 51.9 Å². The molecule has 1 aliphatic heterocycles. The number of sulfonamides is 1. The van der Waals surface area contributed by atoms with Gasteiger partial charge in [-0.1, -0.05) is 0 Å². The summed E-state index contributed by atoms with van der Waals surface area (Å²) in [4.78, 5) is 38.9. The largest absolute Gasteiger partial charge is 0.456 e. The molecule has 0 aliphatic carbocycles. The third-order valence-electron chi connectivity index (χ3n) is 4.32. The first-order valence-corrected chi connectivity index (χ1v) is 9.75. The van der Waals surface area contributed by atoms with Gasteiger partial charge in [-0.2, -0.15) is 4.31 Å². The number of ether oxygens (including phenoxy) is 1. The second-order valence-electron chi connectivity index (χ2n) is 6.24. The molecule has 138 valence electrons. The van der Waals surface area contributed by atoms with Gasteiger partial charge in [0.2, 0.25) is 15.8 Å². The molecular formula is C16H22N2O6S. The predicted octanol–water partition coefficient (Wildman–Crippen LogP) is 0.984. The van der Waals surface area contributed by atoms with E-state index in [4.69, 9.17) is 4.74 Å². The van der Waals surface area contributed by atoms with Crippen molar-refractivity contribution >= 4 is 27.6 Å². The normalized spacial score (nSPS) is 18.3. The summed E-state index contributed by atoms with van der Waals surface area (Å²) in [5.41, 5.74) is 1.78. The number of Topliss-reactive ketones (excluding diaryl/α,β-unsaturated/α-hetero) is 2. The summed E-state index contributed by atoms with van der Waals surface area (Å²) in [5, 5.41) is 0. The number of rotatable bonds is 6. The Morgan fingerprint density at radius 1 is 1.28 bits per heavy atom. The van der Waals surface area contributed by atoms with Gasteiger partial charge in [-0.15, -0.1) is 0 Å². The van der Waals surface area contributed by atoms with Gasteiger partial charge >= 0.3 is 5.97 Å². The molecule has 1 aliphatic rings. The van der Waals surface area contributed by atoms with Crippen LogP contribution in [-0.4, -0.2) is 60.7 Å². The van der Waals surface area contributed by atoms with E-state index < -0.39 is 34.4 Å². The monoisotopic (exact) mass is 370 g/mol. The van der Waals surface area contributed by atoms with Crippen molar-refractivity contribution in [3.05, 3.63) is 22.5 Å². The Kier molecular flexibility index (Phi) is 5.48. The second-order valence-corrected chi connectivity index (χ2v) is 8.18. The lowest BCUT2D eigenvalue weighted by molar-refractivity contribution is -0.146. The van der Waals surface area contributed by atoms with Crippen LogP contribution in [0.25, 0.3) is 0 Å². The van der Waals surface area contributed by atoms with Crippen LogP contribution in [0, 0.1) is 13.8 Å². The van der Waals surface area contributed by atoms with Gasteiger partial charge in [-0.05, 0) is 39.2 Å². The van der Waals surface area contributed by atoms with Crippen LogP contribution in [0.2, 0.25) is 0 Å². The van der Waals surface area contributed by atoms with Gasteiger partial charge in [-0.3, -0.25) is 14.4 Å². The van der Waals surface area contributed by atoms with Gasteiger partial charge in [0.1, 0.15) is 6.04 Å². The maximum absolute atomic E-state index is 12.3. The Morgan fingerprint density at radius 2 is 1.92 bits per heavy atom. The zero-order valence-electron chi connectivity index (χ0n) is 14.7. The van der Waals surface area contributed by atoms with E-state index in [1.165, 1.54) is 6.92 Å². The zero-order valence-corrected chi connectivity index (χ0v) is 15.5. The maximum Gasteiger partial charge on any atom is 0.324 e. The number of H-pyrrole nitrogens is 1. The summed E-state index contributed by atoms with van der Waals surface area (Å²) in [6.45, 7) is 4.51. The summed E-state index contributed by atoms with van der Waals surface area (Å²) < 4.78 is 29.5. The molecule has 1 fully saturated rings. The number of hydrogen-bond donors (Lipinski definition) is 1. The fourth-order valence-corrected chi connectivity index (χ4v) is 4.35. The van der Waals surface area contributed by atoms with Crippen molar-refractivity contribution in [2.24, 2.45) is 0 Å². The average Bonchev–Trinajstić information content (AvgIpc) is 3.08. The van der Waals surface area contributed by atoms with Crippen molar-refractivity contribution in [2.45, 2.75) is 39.7 Å². The Balaban J connectivity index is 2.07. The van der Waals surface area contributed by atoms with Crippen LogP contribution >= 0.6 is 0 Å². The summed E-state index contributed by atoms with van der Waals surface area (Å²) >= 11 is 0. The molecule has 0 amide bonds. The highest BCUT2D eigenvalue weighted by Crippen LogP contribution is 2.22. The molecule has 1 N–H and O–H groups in total. The molecule has 0 unspecified atom stereocenters. The molecule has 8 nitrogen and oxygen atoms in total. The molecular weight excluding hydrogens is 348 g/mol. The van der Waals surface area contributed by atoms with Gasteiger partial charge < -0.3 is 9.72 Å². The highest BCUT2D eigenvalue weighted by molar-refractivity contribution is 7.88. The standard InChI is InChI=1S/C16H22N2O6S/c1-9-14(11(3)19)10(2)17-15(9)13(20)8-24-16(21)12-6-5-7-18(12)25(4,22)23/h12,17H,5-8H2,1-4H3/t12-/m0/s1. The maximum atomic E-state index is 12.3. The summed E-state index contributed by atoms with van der Waals surface area (Å²) in [5.74, 6) is -1.36.